The van der Waals surface area contributed by atoms with Crippen LogP contribution in [0.25, 0.3) is 0 Å². The molecule has 5 heteroatoms. The lowest BCUT2D eigenvalue weighted by atomic mass is 10.4. The molecule has 2 rings (SSSR count). The van der Waals surface area contributed by atoms with Crippen molar-refractivity contribution < 1.29 is 4.52 Å². The van der Waals surface area contributed by atoms with E-state index in [1.165, 1.54) is 0 Å². The summed E-state index contributed by atoms with van der Waals surface area (Å²) in [6.45, 7) is 4.35. The molecule has 0 aliphatic heterocycles. The molecule has 2 heterocycles. The maximum absolute atomic E-state index is 5.05. The molecule has 15 heavy (non-hydrogen) atoms. The number of hydrogen-bond acceptors (Lipinski definition) is 5. The van der Waals surface area contributed by atoms with Crippen LogP contribution in [0.5, 0.6) is 0 Å². The highest BCUT2D eigenvalue weighted by Crippen LogP contribution is 2.05. The van der Waals surface area contributed by atoms with Crippen molar-refractivity contribution in [2.24, 2.45) is 0 Å². The smallest absolute Gasteiger partial charge is 0.223 e. The first-order valence-electron chi connectivity index (χ1n) is 4.70. The zero-order valence-corrected chi connectivity index (χ0v) is 8.69. The molecule has 2 aromatic rings. The van der Waals surface area contributed by atoms with Gasteiger partial charge in [-0.25, -0.2) is 9.97 Å². The van der Waals surface area contributed by atoms with Gasteiger partial charge in [0.1, 0.15) is 0 Å². The average Bonchev–Trinajstić information content (AvgIpc) is 2.62. The first kappa shape index (κ1) is 9.64. The number of aryl methyl sites for hydroxylation is 2. The van der Waals surface area contributed by atoms with Crippen molar-refractivity contribution in [3.8, 4) is 0 Å². The first-order valence-corrected chi connectivity index (χ1v) is 4.70. The fraction of sp³-hybridized carbons (Fsp3) is 0.300. The number of nitrogens with one attached hydrogen (secondary N) is 1. The maximum atomic E-state index is 5.05. The van der Waals surface area contributed by atoms with Crippen LogP contribution in [0, 0.1) is 13.8 Å². The number of anilines is 1. The molecule has 0 saturated heterocycles. The highest BCUT2D eigenvalue weighted by molar-refractivity contribution is 5.25. The van der Waals surface area contributed by atoms with Crippen LogP contribution in [0.3, 0.4) is 0 Å². The van der Waals surface area contributed by atoms with E-state index >= 15 is 0 Å². The van der Waals surface area contributed by atoms with Gasteiger partial charge in [0.2, 0.25) is 5.95 Å². The van der Waals surface area contributed by atoms with Gasteiger partial charge in [-0.15, -0.1) is 0 Å². The van der Waals surface area contributed by atoms with Gasteiger partial charge in [-0.3, -0.25) is 0 Å². The molecular weight excluding hydrogens is 192 g/mol. The van der Waals surface area contributed by atoms with Gasteiger partial charge in [0.15, 0.2) is 5.76 Å². The Labute approximate surface area is 87.5 Å². The highest BCUT2D eigenvalue weighted by Gasteiger charge is 2.01. The molecule has 5 nitrogen and oxygen atoms in total. The molecule has 1 N–H and O–H groups in total. The van der Waals surface area contributed by atoms with E-state index in [9.17, 15) is 0 Å². The Bertz CT molecular complexity index is 452. The van der Waals surface area contributed by atoms with Gasteiger partial charge < -0.3 is 9.84 Å². The van der Waals surface area contributed by atoms with Crippen molar-refractivity contribution in [1.29, 1.82) is 0 Å². The van der Waals surface area contributed by atoms with Crippen molar-refractivity contribution in [3.05, 3.63) is 35.5 Å². The molecule has 0 atom stereocenters. The van der Waals surface area contributed by atoms with E-state index in [-0.39, 0.29) is 0 Å². The van der Waals surface area contributed by atoms with Gasteiger partial charge >= 0.3 is 0 Å². The summed E-state index contributed by atoms with van der Waals surface area (Å²) >= 11 is 0. The molecule has 2 aromatic heterocycles. The first-order chi connectivity index (χ1) is 7.24. The number of aromatic nitrogens is 3. The summed E-state index contributed by atoms with van der Waals surface area (Å²) in [6.07, 6.45) is 1.72. The summed E-state index contributed by atoms with van der Waals surface area (Å²) < 4.78 is 5.05. The fourth-order valence-electron chi connectivity index (χ4n) is 1.20. The van der Waals surface area contributed by atoms with Crippen LogP contribution in [0.4, 0.5) is 5.95 Å². The van der Waals surface area contributed by atoms with Crippen LogP contribution in [-0.4, -0.2) is 15.1 Å². The minimum absolute atomic E-state index is 0.546. The molecule has 0 unspecified atom stereocenters. The van der Waals surface area contributed by atoms with E-state index in [1.807, 2.05) is 26.0 Å². The zero-order valence-electron chi connectivity index (χ0n) is 8.69. The summed E-state index contributed by atoms with van der Waals surface area (Å²) in [7, 11) is 0. The predicted molar refractivity (Wildman–Crippen MR) is 55.3 cm³/mol. The highest BCUT2D eigenvalue weighted by atomic mass is 16.5. The van der Waals surface area contributed by atoms with Gasteiger partial charge in [-0.1, -0.05) is 5.16 Å². The summed E-state index contributed by atoms with van der Waals surface area (Å²) in [5.74, 6) is 1.38. The van der Waals surface area contributed by atoms with Crippen LogP contribution < -0.4 is 5.32 Å². The lowest BCUT2D eigenvalue weighted by molar-refractivity contribution is 0.384. The molecule has 0 aliphatic carbocycles. The van der Waals surface area contributed by atoms with E-state index in [2.05, 4.69) is 20.4 Å². The van der Waals surface area contributed by atoms with Crippen molar-refractivity contribution in [2.45, 2.75) is 20.4 Å². The summed E-state index contributed by atoms with van der Waals surface area (Å²) in [6, 6.07) is 3.73. The molecule has 0 saturated carbocycles. The summed E-state index contributed by atoms with van der Waals surface area (Å²) in [4.78, 5) is 8.29. The Morgan fingerprint density at radius 2 is 2.20 bits per heavy atom. The van der Waals surface area contributed by atoms with Gasteiger partial charge in [0, 0.05) is 18.0 Å². The Hall–Kier alpha value is -1.91. The second kappa shape index (κ2) is 4.08. The molecule has 0 spiro atoms. The topological polar surface area (TPSA) is 63.8 Å². The number of rotatable bonds is 3. The van der Waals surface area contributed by atoms with Crippen molar-refractivity contribution in [3.63, 3.8) is 0 Å². The average molecular weight is 204 g/mol. The van der Waals surface area contributed by atoms with E-state index in [0.29, 0.717) is 12.5 Å². The Kier molecular flexibility index (Phi) is 2.62. The number of hydrogen-bond donors (Lipinski definition) is 1. The van der Waals surface area contributed by atoms with E-state index < -0.39 is 0 Å². The maximum Gasteiger partial charge on any atom is 0.223 e. The molecule has 0 radical (unpaired) electrons. The SMILES string of the molecule is Cc1cc(CNc2nccc(C)n2)on1. The van der Waals surface area contributed by atoms with Gasteiger partial charge in [-0.05, 0) is 19.9 Å². The number of nitrogens with zero attached hydrogens (tertiary/aromatic N) is 3. The Morgan fingerprint density at radius 3 is 2.87 bits per heavy atom. The Morgan fingerprint density at radius 1 is 1.33 bits per heavy atom. The van der Waals surface area contributed by atoms with E-state index in [1.54, 1.807) is 6.20 Å². The van der Waals surface area contributed by atoms with Crippen LogP contribution in [0.2, 0.25) is 0 Å². The third-order valence-corrected chi connectivity index (χ3v) is 1.89. The molecular formula is C10H12N4O. The van der Waals surface area contributed by atoms with Gasteiger partial charge in [-0.2, -0.15) is 0 Å². The summed E-state index contributed by atoms with van der Waals surface area (Å²) in [5, 5.41) is 6.85. The lowest BCUT2D eigenvalue weighted by Crippen LogP contribution is -2.03. The molecule has 0 amide bonds. The largest absolute Gasteiger partial charge is 0.359 e. The van der Waals surface area contributed by atoms with Crippen molar-refractivity contribution in [2.75, 3.05) is 5.32 Å². The van der Waals surface area contributed by atoms with Crippen LogP contribution in [0.15, 0.2) is 22.9 Å². The monoisotopic (exact) mass is 204 g/mol. The van der Waals surface area contributed by atoms with Crippen LogP contribution >= 0.6 is 0 Å². The summed E-state index contributed by atoms with van der Waals surface area (Å²) in [5.41, 5.74) is 1.80. The van der Waals surface area contributed by atoms with Crippen molar-refractivity contribution >= 4 is 5.95 Å². The molecule has 78 valence electrons. The molecule has 0 bridgehead atoms. The van der Waals surface area contributed by atoms with Crippen LogP contribution in [-0.2, 0) is 6.54 Å². The predicted octanol–water partition coefficient (Wildman–Crippen LogP) is 1.69. The molecule has 0 aromatic carbocycles. The molecule has 0 aliphatic rings. The van der Waals surface area contributed by atoms with Crippen molar-refractivity contribution in [1.82, 2.24) is 15.1 Å². The second-order valence-corrected chi connectivity index (χ2v) is 3.31. The third-order valence-electron chi connectivity index (χ3n) is 1.89. The second-order valence-electron chi connectivity index (χ2n) is 3.31. The van der Waals surface area contributed by atoms with E-state index in [4.69, 9.17) is 4.52 Å². The zero-order chi connectivity index (χ0) is 10.7. The fourth-order valence-corrected chi connectivity index (χ4v) is 1.20. The van der Waals surface area contributed by atoms with E-state index in [0.717, 1.165) is 17.1 Å². The minimum atomic E-state index is 0.546. The normalized spacial score (nSPS) is 10.3. The standard InChI is InChI=1S/C10H12N4O/c1-7-3-4-11-10(13-7)12-6-9-5-8(2)14-15-9/h3-5H,6H2,1-2H3,(H,11,12,13). The van der Waals surface area contributed by atoms with Gasteiger partial charge in [0.25, 0.3) is 0 Å². The Balaban J connectivity index is 1.99. The minimum Gasteiger partial charge on any atom is -0.359 e. The lowest BCUT2D eigenvalue weighted by Gasteiger charge is -2.01. The quantitative estimate of drug-likeness (QED) is 0.824. The molecule has 0 fully saturated rings. The third kappa shape index (κ3) is 2.52. The van der Waals surface area contributed by atoms with Crippen LogP contribution in [0.1, 0.15) is 17.1 Å². The van der Waals surface area contributed by atoms with Gasteiger partial charge in [0.05, 0.1) is 12.2 Å².